The van der Waals surface area contributed by atoms with Gasteiger partial charge < -0.3 is 9.47 Å². The van der Waals surface area contributed by atoms with Gasteiger partial charge in [0.05, 0.1) is 19.8 Å². The van der Waals surface area contributed by atoms with E-state index in [9.17, 15) is 4.39 Å². The molecular formula is C18H22FN3O2. The van der Waals surface area contributed by atoms with Crippen LogP contribution >= 0.6 is 0 Å². The van der Waals surface area contributed by atoms with Crippen molar-refractivity contribution in [2.75, 3.05) is 26.8 Å². The smallest absolute Gasteiger partial charge is 0.131 e. The molecule has 0 saturated carbocycles. The van der Waals surface area contributed by atoms with E-state index < -0.39 is 0 Å². The summed E-state index contributed by atoms with van der Waals surface area (Å²) in [5.41, 5.74) is 1.71. The van der Waals surface area contributed by atoms with E-state index in [0.717, 1.165) is 31.6 Å². The summed E-state index contributed by atoms with van der Waals surface area (Å²) in [5, 5.41) is 0. The normalized spacial score (nSPS) is 18.5. The molecule has 2 heterocycles. The molecule has 1 aromatic carbocycles. The number of methoxy groups -OCH3 is 1. The first-order valence-corrected chi connectivity index (χ1v) is 8.16. The van der Waals surface area contributed by atoms with Crippen LogP contribution in [0.5, 0.6) is 5.75 Å². The second-order valence-corrected chi connectivity index (χ2v) is 5.92. The van der Waals surface area contributed by atoms with Gasteiger partial charge in [-0.1, -0.05) is 6.07 Å². The summed E-state index contributed by atoms with van der Waals surface area (Å²) in [7, 11) is 1.54. The lowest BCUT2D eigenvalue weighted by Crippen LogP contribution is -2.42. The molecule has 1 atom stereocenters. The minimum atomic E-state index is -0.224. The van der Waals surface area contributed by atoms with Crippen LogP contribution in [0.3, 0.4) is 0 Å². The van der Waals surface area contributed by atoms with Crippen LogP contribution in [-0.2, 0) is 17.7 Å². The molecule has 0 bridgehead atoms. The first kappa shape index (κ1) is 16.8. The van der Waals surface area contributed by atoms with Crippen LogP contribution in [0.15, 0.2) is 36.8 Å². The van der Waals surface area contributed by atoms with Gasteiger partial charge in [-0.15, -0.1) is 0 Å². The molecule has 1 unspecified atom stereocenters. The highest BCUT2D eigenvalue weighted by molar-refractivity contribution is 5.28. The van der Waals surface area contributed by atoms with E-state index in [2.05, 4.69) is 14.9 Å². The Morgan fingerprint density at radius 3 is 3.04 bits per heavy atom. The Hall–Kier alpha value is -2.05. The maximum Gasteiger partial charge on any atom is 0.131 e. The summed E-state index contributed by atoms with van der Waals surface area (Å²) < 4.78 is 25.0. The third-order valence-electron chi connectivity index (χ3n) is 4.24. The number of ether oxygens (including phenoxy) is 2. The van der Waals surface area contributed by atoms with Gasteiger partial charge >= 0.3 is 0 Å². The zero-order chi connectivity index (χ0) is 16.8. The van der Waals surface area contributed by atoms with Crippen LogP contribution in [-0.4, -0.2) is 47.8 Å². The van der Waals surface area contributed by atoms with E-state index >= 15 is 0 Å². The van der Waals surface area contributed by atoms with Gasteiger partial charge in [0, 0.05) is 43.2 Å². The Balaban J connectivity index is 1.53. The molecule has 1 aliphatic rings. The van der Waals surface area contributed by atoms with Gasteiger partial charge in [-0.25, -0.2) is 14.4 Å². The number of hydrogen-bond acceptors (Lipinski definition) is 5. The second-order valence-electron chi connectivity index (χ2n) is 5.92. The van der Waals surface area contributed by atoms with Crippen molar-refractivity contribution in [3.63, 3.8) is 0 Å². The van der Waals surface area contributed by atoms with E-state index in [1.54, 1.807) is 31.8 Å². The van der Waals surface area contributed by atoms with Crippen LogP contribution in [0, 0.1) is 5.82 Å². The fourth-order valence-corrected chi connectivity index (χ4v) is 2.90. The zero-order valence-corrected chi connectivity index (χ0v) is 13.8. The lowest BCUT2D eigenvalue weighted by atomic mass is 10.1. The highest BCUT2D eigenvalue weighted by Crippen LogP contribution is 2.19. The summed E-state index contributed by atoms with van der Waals surface area (Å²) in [6, 6.07) is 6.95. The van der Waals surface area contributed by atoms with Crippen molar-refractivity contribution in [2.45, 2.75) is 25.5 Å². The first-order chi connectivity index (χ1) is 11.7. The Morgan fingerprint density at radius 1 is 1.38 bits per heavy atom. The molecule has 1 fully saturated rings. The Bertz CT molecular complexity index is 654. The van der Waals surface area contributed by atoms with E-state index in [0.29, 0.717) is 24.5 Å². The molecular weight excluding hydrogens is 309 g/mol. The molecule has 0 N–H and O–H groups in total. The van der Waals surface area contributed by atoms with Crippen molar-refractivity contribution < 1.29 is 13.9 Å². The van der Waals surface area contributed by atoms with E-state index in [-0.39, 0.29) is 11.9 Å². The molecule has 0 aliphatic carbocycles. The Labute approximate surface area is 141 Å². The second kappa shape index (κ2) is 8.17. The molecule has 1 saturated heterocycles. The number of benzene rings is 1. The lowest BCUT2D eigenvalue weighted by Gasteiger charge is -2.33. The van der Waals surface area contributed by atoms with Crippen molar-refractivity contribution in [3.8, 4) is 5.75 Å². The summed E-state index contributed by atoms with van der Waals surface area (Å²) in [4.78, 5) is 10.4. The Morgan fingerprint density at radius 2 is 2.29 bits per heavy atom. The van der Waals surface area contributed by atoms with Crippen LogP contribution in [0.4, 0.5) is 4.39 Å². The number of rotatable bonds is 6. The van der Waals surface area contributed by atoms with Gasteiger partial charge in [0.2, 0.25) is 0 Å². The minimum absolute atomic E-state index is 0.148. The van der Waals surface area contributed by atoms with Crippen LogP contribution < -0.4 is 4.74 Å². The molecule has 6 heteroatoms. The molecule has 1 aromatic heterocycles. The average molecular weight is 331 g/mol. The molecule has 0 spiro atoms. The molecule has 5 nitrogen and oxygen atoms in total. The standard InChI is InChI=1S/C18H22FN3O2/c1-23-16-4-2-14(18(19)10-16)11-22-8-9-24-17(12-22)5-3-15-6-7-20-13-21-15/h2,4,6-7,10,13,17H,3,5,8-9,11-12H2,1H3. The fourth-order valence-electron chi connectivity index (χ4n) is 2.90. The molecule has 1 aliphatic heterocycles. The van der Waals surface area contributed by atoms with Gasteiger partial charge in [-0.2, -0.15) is 0 Å². The maximum atomic E-state index is 14.1. The number of halogens is 1. The predicted octanol–water partition coefficient (Wildman–Crippen LogP) is 2.46. The van der Waals surface area contributed by atoms with E-state index in [1.165, 1.54) is 6.07 Å². The first-order valence-electron chi connectivity index (χ1n) is 8.16. The maximum absolute atomic E-state index is 14.1. The minimum Gasteiger partial charge on any atom is -0.497 e. The highest BCUT2D eigenvalue weighted by Gasteiger charge is 2.21. The summed E-state index contributed by atoms with van der Waals surface area (Å²) in [5.74, 6) is 0.319. The molecule has 3 rings (SSSR count). The summed E-state index contributed by atoms with van der Waals surface area (Å²) >= 11 is 0. The van der Waals surface area contributed by atoms with E-state index in [1.807, 2.05) is 6.07 Å². The molecule has 0 amide bonds. The largest absolute Gasteiger partial charge is 0.497 e. The highest BCUT2D eigenvalue weighted by atomic mass is 19.1. The van der Waals surface area contributed by atoms with Crippen molar-refractivity contribution >= 4 is 0 Å². The molecule has 0 radical (unpaired) electrons. The van der Waals surface area contributed by atoms with Crippen molar-refractivity contribution in [1.29, 1.82) is 0 Å². The summed E-state index contributed by atoms with van der Waals surface area (Å²) in [6.45, 7) is 2.88. The quantitative estimate of drug-likeness (QED) is 0.814. The van der Waals surface area contributed by atoms with Gasteiger partial charge in [0.1, 0.15) is 17.9 Å². The van der Waals surface area contributed by atoms with Crippen LogP contribution in [0.25, 0.3) is 0 Å². The predicted molar refractivity (Wildman–Crippen MR) is 88.3 cm³/mol. The van der Waals surface area contributed by atoms with Crippen LogP contribution in [0.1, 0.15) is 17.7 Å². The molecule has 128 valence electrons. The number of hydrogen-bond donors (Lipinski definition) is 0. The zero-order valence-electron chi connectivity index (χ0n) is 13.8. The SMILES string of the molecule is COc1ccc(CN2CCOC(CCc3ccncn3)C2)c(F)c1. The third kappa shape index (κ3) is 4.49. The topological polar surface area (TPSA) is 47.5 Å². The number of aromatic nitrogens is 2. The monoisotopic (exact) mass is 331 g/mol. The van der Waals surface area contributed by atoms with Gasteiger partial charge in [0.25, 0.3) is 0 Å². The fraction of sp³-hybridized carbons (Fsp3) is 0.444. The summed E-state index contributed by atoms with van der Waals surface area (Å²) in [6.07, 6.45) is 5.23. The molecule has 24 heavy (non-hydrogen) atoms. The van der Waals surface area contributed by atoms with Crippen molar-refractivity contribution in [1.82, 2.24) is 14.9 Å². The van der Waals surface area contributed by atoms with Gasteiger partial charge in [0.15, 0.2) is 0 Å². The van der Waals surface area contributed by atoms with E-state index in [4.69, 9.17) is 9.47 Å². The van der Waals surface area contributed by atoms with Gasteiger partial charge in [-0.05, 0) is 25.0 Å². The Kier molecular flexibility index (Phi) is 5.72. The average Bonchev–Trinajstić information content (AvgIpc) is 2.63. The number of morpholine rings is 1. The molecule has 2 aromatic rings. The van der Waals surface area contributed by atoms with Gasteiger partial charge in [-0.3, -0.25) is 4.90 Å². The van der Waals surface area contributed by atoms with Crippen LogP contribution in [0.2, 0.25) is 0 Å². The van der Waals surface area contributed by atoms with Crippen molar-refractivity contribution in [2.24, 2.45) is 0 Å². The number of nitrogens with zero attached hydrogens (tertiary/aromatic N) is 3. The number of aryl methyl sites for hydroxylation is 1. The third-order valence-corrected chi connectivity index (χ3v) is 4.24. The van der Waals surface area contributed by atoms with Crippen molar-refractivity contribution in [3.05, 3.63) is 53.9 Å². The lowest BCUT2D eigenvalue weighted by molar-refractivity contribution is -0.0349.